The fourth-order valence-electron chi connectivity index (χ4n) is 6.64. The van der Waals surface area contributed by atoms with Gasteiger partial charge in [-0.25, -0.2) is 4.98 Å². The molecular formula is C39H23NO. The lowest BCUT2D eigenvalue weighted by molar-refractivity contribution is 0.670. The fourth-order valence-corrected chi connectivity index (χ4v) is 6.64. The first kappa shape index (κ1) is 22.4. The van der Waals surface area contributed by atoms with Crippen molar-refractivity contribution in [3.05, 3.63) is 140 Å². The van der Waals surface area contributed by atoms with Crippen LogP contribution in [0.2, 0.25) is 0 Å². The minimum Gasteiger partial charge on any atom is -0.455 e. The summed E-state index contributed by atoms with van der Waals surface area (Å²) >= 11 is 0. The van der Waals surface area contributed by atoms with Crippen LogP contribution in [-0.4, -0.2) is 4.98 Å². The van der Waals surface area contributed by atoms with Crippen molar-refractivity contribution in [3.63, 3.8) is 0 Å². The van der Waals surface area contributed by atoms with Crippen molar-refractivity contribution in [3.8, 4) is 22.4 Å². The molecule has 0 saturated carbocycles. The van der Waals surface area contributed by atoms with Crippen molar-refractivity contribution >= 4 is 65.2 Å². The molecule has 0 bridgehead atoms. The van der Waals surface area contributed by atoms with Gasteiger partial charge < -0.3 is 4.42 Å². The Bertz CT molecular complexity index is 2480. The summed E-state index contributed by atoms with van der Waals surface area (Å²) in [6.45, 7) is 0. The molecule has 9 aromatic rings. The highest BCUT2D eigenvalue weighted by Gasteiger charge is 2.18. The zero-order valence-electron chi connectivity index (χ0n) is 22.1. The first-order valence-electron chi connectivity index (χ1n) is 14.0. The molecule has 0 spiro atoms. The van der Waals surface area contributed by atoms with Crippen molar-refractivity contribution in [1.82, 2.24) is 4.98 Å². The van der Waals surface area contributed by atoms with Crippen LogP contribution in [0.3, 0.4) is 0 Å². The molecule has 2 nitrogen and oxygen atoms in total. The topological polar surface area (TPSA) is 26.0 Å². The van der Waals surface area contributed by atoms with E-state index in [0.717, 1.165) is 49.8 Å². The van der Waals surface area contributed by atoms with E-state index in [1.54, 1.807) is 0 Å². The van der Waals surface area contributed by atoms with Gasteiger partial charge >= 0.3 is 0 Å². The molecule has 0 aliphatic heterocycles. The number of aromatic nitrogens is 1. The molecule has 9 rings (SSSR count). The van der Waals surface area contributed by atoms with Crippen molar-refractivity contribution in [2.75, 3.05) is 0 Å². The van der Waals surface area contributed by atoms with Gasteiger partial charge in [0.2, 0.25) is 0 Å². The zero-order chi connectivity index (χ0) is 26.9. The SMILES string of the molecule is c1cc(-c2cccc3c2oc2ccccc23)cc(-c2nc3ccccc3c3c4ccccc4c4ccccc4c23)c1. The first-order valence-corrected chi connectivity index (χ1v) is 14.0. The quantitative estimate of drug-likeness (QED) is 0.211. The van der Waals surface area contributed by atoms with Crippen molar-refractivity contribution in [1.29, 1.82) is 0 Å². The van der Waals surface area contributed by atoms with Crippen LogP contribution in [-0.2, 0) is 0 Å². The van der Waals surface area contributed by atoms with E-state index in [4.69, 9.17) is 9.40 Å². The molecule has 0 aliphatic rings. The standard InChI is InChI=1S/C39H23NO/c1-3-16-30-27(13-1)28-14-2-4-17-31(28)37-36(30)33-18-5-7-21-34(33)40-38(37)25-12-9-11-24(23-25)26-19-10-20-32-29-15-6-8-22-35(29)41-39(26)32/h1-23H. The molecule has 2 aromatic heterocycles. The lowest BCUT2D eigenvalue weighted by Gasteiger charge is -2.16. The number of fused-ring (bicyclic) bond motifs is 11. The molecule has 0 unspecified atom stereocenters. The van der Waals surface area contributed by atoms with Gasteiger partial charge in [0.05, 0.1) is 11.2 Å². The summed E-state index contributed by atoms with van der Waals surface area (Å²) in [6, 6.07) is 49.4. The van der Waals surface area contributed by atoms with Gasteiger partial charge in [-0.3, -0.25) is 0 Å². The summed E-state index contributed by atoms with van der Waals surface area (Å²) in [5.41, 5.74) is 7.11. The normalized spacial score (nSPS) is 11.9. The summed E-state index contributed by atoms with van der Waals surface area (Å²) in [5, 5.41) is 10.9. The van der Waals surface area contributed by atoms with Gasteiger partial charge in [0.15, 0.2) is 0 Å². The molecule has 190 valence electrons. The van der Waals surface area contributed by atoms with Crippen LogP contribution in [0.15, 0.2) is 144 Å². The number of hydrogen-bond donors (Lipinski definition) is 0. The number of furan rings is 1. The van der Waals surface area contributed by atoms with Crippen molar-refractivity contribution < 1.29 is 4.42 Å². The average molecular weight is 522 g/mol. The van der Waals surface area contributed by atoms with Gasteiger partial charge in [-0.2, -0.15) is 0 Å². The van der Waals surface area contributed by atoms with Crippen LogP contribution < -0.4 is 0 Å². The Morgan fingerprint density at radius 2 is 1.00 bits per heavy atom. The predicted molar refractivity (Wildman–Crippen MR) is 172 cm³/mol. The van der Waals surface area contributed by atoms with E-state index in [1.165, 1.54) is 37.7 Å². The number of rotatable bonds is 2. The lowest BCUT2D eigenvalue weighted by atomic mass is 9.89. The highest BCUT2D eigenvalue weighted by molar-refractivity contribution is 6.33. The van der Waals surface area contributed by atoms with Gasteiger partial charge in [-0.15, -0.1) is 0 Å². The van der Waals surface area contributed by atoms with Gasteiger partial charge in [0, 0.05) is 38.1 Å². The maximum atomic E-state index is 6.40. The van der Waals surface area contributed by atoms with Crippen LogP contribution in [0, 0.1) is 0 Å². The third-order valence-corrected chi connectivity index (χ3v) is 8.43. The number of pyridine rings is 1. The molecule has 0 N–H and O–H groups in total. The van der Waals surface area contributed by atoms with Crippen molar-refractivity contribution in [2.45, 2.75) is 0 Å². The van der Waals surface area contributed by atoms with Crippen LogP contribution in [0.5, 0.6) is 0 Å². The molecule has 0 radical (unpaired) electrons. The Balaban J connectivity index is 1.40. The second-order valence-electron chi connectivity index (χ2n) is 10.7. The highest BCUT2D eigenvalue weighted by atomic mass is 16.3. The van der Waals surface area contributed by atoms with Gasteiger partial charge in [0.25, 0.3) is 0 Å². The van der Waals surface area contributed by atoms with E-state index in [0.29, 0.717) is 0 Å². The zero-order valence-corrected chi connectivity index (χ0v) is 22.1. The van der Waals surface area contributed by atoms with Crippen molar-refractivity contribution in [2.24, 2.45) is 0 Å². The molecule has 0 atom stereocenters. The average Bonchev–Trinajstić information content (AvgIpc) is 3.43. The van der Waals surface area contributed by atoms with E-state index in [1.807, 2.05) is 12.1 Å². The third kappa shape index (κ3) is 3.22. The number of benzene rings is 7. The summed E-state index contributed by atoms with van der Waals surface area (Å²) in [7, 11) is 0. The summed E-state index contributed by atoms with van der Waals surface area (Å²) in [6.07, 6.45) is 0. The molecular weight excluding hydrogens is 498 g/mol. The van der Waals surface area contributed by atoms with E-state index in [2.05, 4.69) is 127 Å². The van der Waals surface area contributed by atoms with Gasteiger partial charge in [-0.1, -0.05) is 121 Å². The Labute approximate surface area is 236 Å². The molecule has 0 saturated heterocycles. The molecule has 0 amide bonds. The highest BCUT2D eigenvalue weighted by Crippen LogP contribution is 2.43. The van der Waals surface area contributed by atoms with E-state index >= 15 is 0 Å². The number of para-hydroxylation sites is 3. The third-order valence-electron chi connectivity index (χ3n) is 8.43. The lowest BCUT2D eigenvalue weighted by Crippen LogP contribution is -1.93. The Morgan fingerprint density at radius 3 is 1.80 bits per heavy atom. The molecule has 2 heterocycles. The maximum absolute atomic E-state index is 6.40. The van der Waals surface area contributed by atoms with Gasteiger partial charge in [-0.05, 0) is 45.3 Å². The molecule has 2 heteroatoms. The molecule has 0 fully saturated rings. The summed E-state index contributed by atoms with van der Waals surface area (Å²) < 4.78 is 6.40. The summed E-state index contributed by atoms with van der Waals surface area (Å²) in [5.74, 6) is 0. The monoisotopic (exact) mass is 521 g/mol. The Hall–Kier alpha value is -5.47. The Kier molecular flexibility index (Phi) is 4.64. The number of hydrogen-bond acceptors (Lipinski definition) is 2. The second kappa shape index (κ2) is 8.51. The predicted octanol–water partition coefficient (Wildman–Crippen LogP) is 10.9. The van der Waals surface area contributed by atoms with E-state index in [-0.39, 0.29) is 0 Å². The number of nitrogens with zero attached hydrogens (tertiary/aromatic N) is 1. The minimum atomic E-state index is 0.909. The maximum Gasteiger partial charge on any atom is 0.143 e. The van der Waals surface area contributed by atoms with Crippen LogP contribution in [0.4, 0.5) is 0 Å². The molecule has 0 aliphatic carbocycles. The van der Waals surface area contributed by atoms with Crippen LogP contribution in [0.1, 0.15) is 0 Å². The molecule has 41 heavy (non-hydrogen) atoms. The Morgan fingerprint density at radius 1 is 0.415 bits per heavy atom. The van der Waals surface area contributed by atoms with Crippen LogP contribution >= 0.6 is 0 Å². The fraction of sp³-hybridized carbons (Fsp3) is 0. The second-order valence-corrected chi connectivity index (χ2v) is 10.7. The van der Waals surface area contributed by atoms with Gasteiger partial charge in [0.1, 0.15) is 11.2 Å². The smallest absolute Gasteiger partial charge is 0.143 e. The first-order chi connectivity index (χ1) is 20.3. The van der Waals surface area contributed by atoms with E-state index < -0.39 is 0 Å². The molecule has 7 aromatic carbocycles. The van der Waals surface area contributed by atoms with E-state index in [9.17, 15) is 0 Å². The minimum absolute atomic E-state index is 0.909. The largest absolute Gasteiger partial charge is 0.455 e. The van der Waals surface area contributed by atoms with Crippen LogP contribution in [0.25, 0.3) is 87.5 Å². The summed E-state index contributed by atoms with van der Waals surface area (Å²) in [4.78, 5) is 5.34.